The van der Waals surface area contributed by atoms with Crippen molar-refractivity contribution in [3.05, 3.63) is 23.9 Å². The number of ether oxygens (including phenoxy) is 2. The highest BCUT2D eigenvalue weighted by Crippen LogP contribution is 2.37. The van der Waals surface area contributed by atoms with Crippen molar-refractivity contribution in [1.82, 2.24) is 4.98 Å². The number of hydrogen-bond donors (Lipinski definition) is 2. The van der Waals surface area contributed by atoms with Crippen LogP contribution in [-0.4, -0.2) is 40.7 Å². The van der Waals surface area contributed by atoms with Gasteiger partial charge < -0.3 is 19.3 Å². The van der Waals surface area contributed by atoms with E-state index >= 15 is 0 Å². The van der Waals surface area contributed by atoms with Crippen LogP contribution in [0.4, 0.5) is 0 Å². The first-order valence-corrected chi connectivity index (χ1v) is 15.3. The molecule has 0 fully saturated rings. The standard InChI is InChI=1S/C27H47N2O6P/c1-2-3-4-5-6-7-8-9-10-11-12-13-14-15-16-17-20-33-23-26(35-36(30,31)32)24-34-27-19-18-25(21-28)22-29-27/h18-19,22,26H,2-17,20,23-24H2,1H3,(H2,30,31,32). The SMILES string of the molecule is CCCCCCCCCCCCCCCCCCOCC(COc1ccc(C#N)cn1)OP(=O)(O)O. The zero-order valence-corrected chi connectivity index (χ0v) is 23.0. The van der Waals surface area contributed by atoms with Crippen molar-refractivity contribution in [2.45, 2.75) is 116 Å². The summed E-state index contributed by atoms with van der Waals surface area (Å²) in [5, 5.41) is 8.80. The van der Waals surface area contributed by atoms with Gasteiger partial charge in [0.1, 0.15) is 18.8 Å². The molecule has 1 heterocycles. The minimum atomic E-state index is -4.67. The van der Waals surface area contributed by atoms with Crippen molar-refractivity contribution in [3.8, 4) is 11.9 Å². The van der Waals surface area contributed by atoms with Crippen molar-refractivity contribution >= 4 is 7.82 Å². The molecule has 0 saturated carbocycles. The zero-order chi connectivity index (χ0) is 26.3. The molecule has 0 aromatic carbocycles. The van der Waals surface area contributed by atoms with E-state index in [1.54, 1.807) is 6.07 Å². The van der Waals surface area contributed by atoms with Gasteiger partial charge in [0.05, 0.1) is 12.2 Å². The predicted octanol–water partition coefficient (Wildman–Crippen LogP) is 7.09. The second-order valence-corrected chi connectivity index (χ2v) is 10.6. The van der Waals surface area contributed by atoms with Crippen molar-refractivity contribution in [2.24, 2.45) is 0 Å². The number of phosphoric acid groups is 1. The Bertz CT molecular complexity index is 735. The molecule has 0 amide bonds. The first-order chi connectivity index (χ1) is 17.4. The monoisotopic (exact) mass is 526 g/mol. The highest BCUT2D eigenvalue weighted by Gasteiger charge is 2.23. The summed E-state index contributed by atoms with van der Waals surface area (Å²) >= 11 is 0. The molecule has 0 radical (unpaired) electrons. The molecule has 0 aliphatic carbocycles. The minimum Gasteiger partial charge on any atom is -0.475 e. The second kappa shape index (κ2) is 21.6. The number of nitriles is 1. The Balaban J connectivity index is 2.00. The van der Waals surface area contributed by atoms with Crippen molar-refractivity contribution in [1.29, 1.82) is 5.26 Å². The van der Waals surface area contributed by atoms with Crippen molar-refractivity contribution < 1.29 is 28.3 Å². The average molecular weight is 527 g/mol. The van der Waals surface area contributed by atoms with Gasteiger partial charge in [-0.3, -0.25) is 4.52 Å². The second-order valence-electron chi connectivity index (χ2n) is 9.40. The van der Waals surface area contributed by atoms with Gasteiger partial charge >= 0.3 is 7.82 Å². The largest absolute Gasteiger partial charge is 0.475 e. The number of phosphoric ester groups is 1. The summed E-state index contributed by atoms with van der Waals surface area (Å²) in [5.74, 6) is 0.242. The number of hydrogen-bond acceptors (Lipinski definition) is 6. The number of nitrogens with zero attached hydrogens (tertiary/aromatic N) is 2. The van der Waals surface area contributed by atoms with Gasteiger partial charge in [-0.05, 0) is 12.5 Å². The van der Waals surface area contributed by atoms with Crippen LogP contribution in [0.15, 0.2) is 18.3 Å². The van der Waals surface area contributed by atoms with E-state index in [0.717, 1.165) is 12.8 Å². The molecule has 0 saturated heterocycles. The Kier molecular flexibility index (Phi) is 19.5. The third-order valence-corrected chi connectivity index (χ3v) is 6.59. The lowest BCUT2D eigenvalue weighted by molar-refractivity contribution is 0.00864. The number of unbranched alkanes of at least 4 members (excludes halogenated alkanes) is 15. The van der Waals surface area contributed by atoms with Gasteiger partial charge in [0.2, 0.25) is 5.88 Å². The highest BCUT2D eigenvalue weighted by molar-refractivity contribution is 7.46. The molecule has 0 bridgehead atoms. The summed E-state index contributed by atoms with van der Waals surface area (Å²) in [6.07, 6.45) is 21.3. The molecule has 1 unspecified atom stereocenters. The van der Waals surface area contributed by atoms with Crippen LogP contribution in [0.1, 0.15) is 115 Å². The van der Waals surface area contributed by atoms with Gasteiger partial charge in [-0.25, -0.2) is 9.55 Å². The summed E-state index contributed by atoms with van der Waals surface area (Å²) in [6, 6.07) is 5.03. The molecule has 0 aliphatic heterocycles. The third-order valence-electron chi connectivity index (χ3n) is 6.01. The number of pyridine rings is 1. The maximum Gasteiger partial charge on any atom is 0.470 e. The summed E-state index contributed by atoms with van der Waals surface area (Å²) in [7, 11) is -4.67. The van der Waals surface area contributed by atoms with E-state index in [4.69, 9.17) is 29.0 Å². The normalized spacial score (nSPS) is 12.4. The Morgan fingerprint density at radius 2 is 1.39 bits per heavy atom. The van der Waals surface area contributed by atoms with Gasteiger partial charge in [-0.15, -0.1) is 0 Å². The van der Waals surface area contributed by atoms with E-state index in [0.29, 0.717) is 12.2 Å². The van der Waals surface area contributed by atoms with Crippen LogP contribution in [0.25, 0.3) is 0 Å². The molecule has 1 atom stereocenters. The Morgan fingerprint density at radius 3 is 1.83 bits per heavy atom. The molecule has 1 rings (SSSR count). The van der Waals surface area contributed by atoms with E-state index in [2.05, 4.69) is 11.9 Å². The zero-order valence-electron chi connectivity index (χ0n) is 22.1. The van der Waals surface area contributed by atoms with Crippen LogP contribution in [0, 0.1) is 11.3 Å². The van der Waals surface area contributed by atoms with Crippen LogP contribution in [0.3, 0.4) is 0 Å². The molecule has 0 spiro atoms. The first-order valence-electron chi connectivity index (χ1n) is 13.7. The topological polar surface area (TPSA) is 122 Å². The maximum atomic E-state index is 11.2. The lowest BCUT2D eigenvalue weighted by atomic mass is 10.0. The summed E-state index contributed by atoms with van der Waals surface area (Å²) < 4.78 is 27.0. The smallest absolute Gasteiger partial charge is 0.470 e. The number of rotatable bonds is 24. The van der Waals surface area contributed by atoms with Gasteiger partial charge in [0, 0.05) is 18.9 Å². The van der Waals surface area contributed by atoms with Crippen LogP contribution in [-0.2, 0) is 13.8 Å². The van der Waals surface area contributed by atoms with Crippen molar-refractivity contribution in [3.63, 3.8) is 0 Å². The van der Waals surface area contributed by atoms with E-state index in [1.807, 2.05) is 6.07 Å². The fourth-order valence-corrected chi connectivity index (χ4v) is 4.49. The minimum absolute atomic E-state index is 0.0140. The summed E-state index contributed by atoms with van der Waals surface area (Å²) in [5.41, 5.74) is 0.396. The average Bonchev–Trinajstić information content (AvgIpc) is 2.86. The molecular weight excluding hydrogens is 479 g/mol. The molecule has 9 heteroatoms. The molecule has 0 aliphatic rings. The molecule has 206 valence electrons. The Hall–Kier alpha value is -1.49. The van der Waals surface area contributed by atoms with E-state index < -0.39 is 13.9 Å². The van der Waals surface area contributed by atoms with E-state index in [1.165, 1.54) is 102 Å². The van der Waals surface area contributed by atoms with Crippen LogP contribution in [0.2, 0.25) is 0 Å². The first kappa shape index (κ1) is 32.5. The van der Waals surface area contributed by atoms with Gasteiger partial charge in [-0.2, -0.15) is 5.26 Å². The van der Waals surface area contributed by atoms with Crippen LogP contribution in [0.5, 0.6) is 5.88 Å². The fourth-order valence-electron chi connectivity index (χ4n) is 3.98. The molecule has 8 nitrogen and oxygen atoms in total. The lowest BCUT2D eigenvalue weighted by Crippen LogP contribution is -2.26. The third kappa shape index (κ3) is 19.7. The van der Waals surface area contributed by atoms with Gasteiger partial charge in [0.15, 0.2) is 0 Å². The van der Waals surface area contributed by atoms with E-state index in [-0.39, 0.29) is 19.1 Å². The quantitative estimate of drug-likeness (QED) is 0.108. The number of aromatic nitrogens is 1. The van der Waals surface area contributed by atoms with Gasteiger partial charge in [-0.1, -0.05) is 103 Å². The van der Waals surface area contributed by atoms with Gasteiger partial charge in [0.25, 0.3) is 0 Å². The lowest BCUT2D eigenvalue weighted by Gasteiger charge is -2.18. The maximum absolute atomic E-state index is 11.2. The Morgan fingerprint density at radius 1 is 0.861 bits per heavy atom. The van der Waals surface area contributed by atoms with Crippen LogP contribution >= 0.6 is 7.82 Å². The highest BCUT2D eigenvalue weighted by atomic mass is 31.2. The van der Waals surface area contributed by atoms with E-state index in [9.17, 15) is 4.57 Å². The summed E-state index contributed by atoms with van der Waals surface area (Å²) in [6.45, 7) is 2.66. The molecule has 1 aromatic heterocycles. The fraction of sp³-hybridized carbons (Fsp3) is 0.778. The molecular formula is C27H47N2O6P. The van der Waals surface area contributed by atoms with Crippen LogP contribution < -0.4 is 4.74 Å². The predicted molar refractivity (Wildman–Crippen MR) is 142 cm³/mol. The Labute approximate surface area is 218 Å². The molecule has 2 N–H and O–H groups in total. The molecule has 36 heavy (non-hydrogen) atoms. The summed E-state index contributed by atoms with van der Waals surface area (Å²) in [4.78, 5) is 22.2. The molecule has 1 aromatic rings. The van der Waals surface area contributed by atoms with Crippen molar-refractivity contribution in [2.75, 3.05) is 19.8 Å².